The highest BCUT2D eigenvalue weighted by Gasteiger charge is 2.26. The number of carboxylic acid groups (broad SMARTS) is 1. The van der Waals surface area contributed by atoms with Gasteiger partial charge in [-0.25, -0.2) is 4.79 Å². The Balaban J connectivity index is 2.29. The zero-order valence-corrected chi connectivity index (χ0v) is 8.97. The maximum absolute atomic E-state index is 11.0. The molecule has 1 aromatic rings. The van der Waals surface area contributed by atoms with Gasteiger partial charge in [-0.15, -0.1) is 0 Å². The van der Waals surface area contributed by atoms with E-state index >= 15 is 0 Å². The lowest BCUT2D eigenvalue weighted by molar-refractivity contribution is 0.131. The smallest absolute Gasteiger partial charge is 0.407 e. The summed E-state index contributed by atoms with van der Waals surface area (Å²) in [6.45, 7) is 1.02. The minimum Gasteiger partial charge on any atom is -0.465 e. The van der Waals surface area contributed by atoms with Crippen LogP contribution in [0, 0.1) is 0 Å². The van der Waals surface area contributed by atoms with Crippen LogP contribution in [0.1, 0.15) is 23.5 Å². The number of carbonyl (C=O) groups is 1. The monoisotopic (exact) mass is 221 g/mol. The molecule has 0 bridgehead atoms. The fourth-order valence-corrected chi connectivity index (χ4v) is 2.26. The number of amides is 1. The maximum Gasteiger partial charge on any atom is 0.407 e. The Bertz CT molecular complexity index is 392. The Morgan fingerprint density at radius 2 is 2.19 bits per heavy atom. The molecular weight excluding hydrogens is 206 g/mol. The average Bonchev–Trinajstić information content (AvgIpc) is 2.29. The van der Waals surface area contributed by atoms with Crippen LogP contribution in [0.4, 0.5) is 4.79 Å². The first-order valence-electron chi connectivity index (χ1n) is 5.39. The van der Waals surface area contributed by atoms with Crippen LogP contribution in [-0.2, 0) is 6.54 Å². The highest BCUT2D eigenvalue weighted by Crippen LogP contribution is 2.30. The van der Waals surface area contributed by atoms with Crippen molar-refractivity contribution in [3.05, 3.63) is 35.4 Å². The van der Waals surface area contributed by atoms with Crippen molar-refractivity contribution in [1.29, 1.82) is 0 Å². The number of aliphatic hydroxyl groups excluding tert-OH is 1. The first kappa shape index (κ1) is 11.0. The summed E-state index contributed by atoms with van der Waals surface area (Å²) in [4.78, 5) is 12.4. The Hall–Kier alpha value is -1.55. The van der Waals surface area contributed by atoms with Crippen molar-refractivity contribution in [2.75, 3.05) is 13.2 Å². The summed E-state index contributed by atoms with van der Waals surface area (Å²) >= 11 is 0. The zero-order chi connectivity index (χ0) is 11.5. The van der Waals surface area contributed by atoms with Crippen LogP contribution in [0.3, 0.4) is 0 Å². The minimum atomic E-state index is -0.891. The summed E-state index contributed by atoms with van der Waals surface area (Å²) in [7, 11) is 0. The Morgan fingerprint density at radius 3 is 2.88 bits per heavy atom. The number of aliphatic hydroxyl groups is 1. The third kappa shape index (κ3) is 2.02. The van der Waals surface area contributed by atoms with Crippen LogP contribution in [-0.4, -0.2) is 34.4 Å². The van der Waals surface area contributed by atoms with Gasteiger partial charge in [-0.05, 0) is 17.5 Å². The molecule has 86 valence electrons. The van der Waals surface area contributed by atoms with Gasteiger partial charge in [0.1, 0.15) is 0 Å². The summed E-state index contributed by atoms with van der Waals surface area (Å²) in [5.74, 6) is 0.117. The van der Waals surface area contributed by atoms with Gasteiger partial charge in [-0.1, -0.05) is 24.3 Å². The molecular formula is C12H15NO3. The number of rotatable bonds is 2. The quantitative estimate of drug-likeness (QED) is 0.798. The predicted octanol–water partition coefficient (Wildman–Crippen LogP) is 1.65. The van der Waals surface area contributed by atoms with Gasteiger partial charge in [0.25, 0.3) is 0 Å². The van der Waals surface area contributed by atoms with Crippen LogP contribution in [0.5, 0.6) is 0 Å². The Morgan fingerprint density at radius 1 is 1.44 bits per heavy atom. The lowest BCUT2D eigenvalue weighted by atomic mass is 9.88. The number of benzene rings is 1. The first-order valence-corrected chi connectivity index (χ1v) is 5.39. The maximum atomic E-state index is 11.0. The van der Waals surface area contributed by atoms with Crippen LogP contribution in [0.25, 0.3) is 0 Å². The van der Waals surface area contributed by atoms with Crippen molar-refractivity contribution in [3.63, 3.8) is 0 Å². The van der Waals surface area contributed by atoms with Crippen LogP contribution >= 0.6 is 0 Å². The van der Waals surface area contributed by atoms with Gasteiger partial charge in [0.05, 0.1) is 0 Å². The number of hydrogen-bond donors (Lipinski definition) is 2. The van der Waals surface area contributed by atoms with E-state index in [4.69, 9.17) is 10.2 Å². The topological polar surface area (TPSA) is 60.8 Å². The second-order valence-corrected chi connectivity index (χ2v) is 4.07. The highest BCUT2D eigenvalue weighted by molar-refractivity contribution is 5.65. The fraction of sp³-hybridized carbons (Fsp3) is 0.417. The summed E-state index contributed by atoms with van der Waals surface area (Å²) < 4.78 is 0. The number of hydrogen-bond acceptors (Lipinski definition) is 2. The van der Waals surface area contributed by atoms with E-state index < -0.39 is 6.09 Å². The standard InChI is InChI=1S/C12H15NO3/c14-6-5-10-8-13(12(15)16)7-9-3-1-2-4-11(9)10/h1-4,10,14H,5-8H2,(H,15,16). The molecule has 2 rings (SSSR count). The summed E-state index contributed by atoms with van der Waals surface area (Å²) in [6.07, 6.45) is -0.279. The predicted molar refractivity (Wildman–Crippen MR) is 59.3 cm³/mol. The first-order chi connectivity index (χ1) is 7.72. The largest absolute Gasteiger partial charge is 0.465 e. The number of fused-ring (bicyclic) bond motifs is 1. The van der Waals surface area contributed by atoms with E-state index in [1.807, 2.05) is 24.3 Å². The van der Waals surface area contributed by atoms with E-state index in [0.29, 0.717) is 19.5 Å². The van der Waals surface area contributed by atoms with Gasteiger partial charge in [-0.3, -0.25) is 0 Å². The van der Waals surface area contributed by atoms with Gasteiger partial charge >= 0.3 is 6.09 Å². The van der Waals surface area contributed by atoms with Crippen LogP contribution in [0.2, 0.25) is 0 Å². The average molecular weight is 221 g/mol. The second-order valence-electron chi connectivity index (χ2n) is 4.07. The van der Waals surface area contributed by atoms with E-state index in [2.05, 4.69) is 0 Å². The van der Waals surface area contributed by atoms with Gasteiger partial charge < -0.3 is 15.1 Å². The molecule has 4 heteroatoms. The fourth-order valence-electron chi connectivity index (χ4n) is 2.26. The Kier molecular flexibility index (Phi) is 3.10. The number of nitrogens with zero attached hydrogens (tertiary/aromatic N) is 1. The van der Waals surface area contributed by atoms with E-state index in [1.54, 1.807) is 0 Å². The summed E-state index contributed by atoms with van der Waals surface area (Å²) in [5.41, 5.74) is 2.23. The SMILES string of the molecule is O=C(O)N1Cc2ccccc2C(CCO)C1. The van der Waals surface area contributed by atoms with Gasteiger partial charge in [-0.2, -0.15) is 0 Å². The minimum absolute atomic E-state index is 0.0897. The molecule has 1 amide bonds. The molecule has 2 N–H and O–H groups in total. The molecule has 1 atom stereocenters. The van der Waals surface area contributed by atoms with Gasteiger partial charge in [0.15, 0.2) is 0 Å². The highest BCUT2D eigenvalue weighted by atomic mass is 16.4. The molecule has 16 heavy (non-hydrogen) atoms. The molecule has 1 aliphatic heterocycles. The van der Waals surface area contributed by atoms with E-state index in [1.165, 1.54) is 10.5 Å². The van der Waals surface area contributed by atoms with Crippen molar-refractivity contribution >= 4 is 6.09 Å². The van der Waals surface area contributed by atoms with E-state index in [9.17, 15) is 4.79 Å². The summed E-state index contributed by atoms with van der Waals surface area (Å²) in [5, 5.41) is 18.0. The van der Waals surface area contributed by atoms with Crippen molar-refractivity contribution in [1.82, 2.24) is 4.90 Å². The van der Waals surface area contributed by atoms with E-state index in [0.717, 1.165) is 5.56 Å². The lowest BCUT2D eigenvalue weighted by Gasteiger charge is -2.32. The van der Waals surface area contributed by atoms with Gasteiger partial charge in [0.2, 0.25) is 0 Å². The van der Waals surface area contributed by atoms with Crippen molar-refractivity contribution in [3.8, 4) is 0 Å². The lowest BCUT2D eigenvalue weighted by Crippen LogP contribution is -2.37. The van der Waals surface area contributed by atoms with Crippen molar-refractivity contribution in [2.45, 2.75) is 18.9 Å². The summed E-state index contributed by atoms with van der Waals surface area (Å²) in [6, 6.07) is 7.85. The molecule has 1 aliphatic rings. The molecule has 4 nitrogen and oxygen atoms in total. The molecule has 0 radical (unpaired) electrons. The van der Waals surface area contributed by atoms with Crippen molar-refractivity contribution < 1.29 is 15.0 Å². The normalized spacial score (nSPS) is 19.3. The molecule has 0 spiro atoms. The molecule has 0 fully saturated rings. The molecule has 0 aromatic heterocycles. The van der Waals surface area contributed by atoms with Gasteiger partial charge in [0, 0.05) is 25.6 Å². The molecule has 0 aliphatic carbocycles. The zero-order valence-electron chi connectivity index (χ0n) is 8.97. The third-order valence-corrected chi connectivity index (χ3v) is 3.04. The van der Waals surface area contributed by atoms with Crippen molar-refractivity contribution in [2.24, 2.45) is 0 Å². The molecule has 0 saturated heterocycles. The van der Waals surface area contributed by atoms with Crippen LogP contribution < -0.4 is 0 Å². The van der Waals surface area contributed by atoms with E-state index in [-0.39, 0.29) is 12.5 Å². The second kappa shape index (κ2) is 4.53. The van der Waals surface area contributed by atoms with Crippen LogP contribution in [0.15, 0.2) is 24.3 Å². The Labute approximate surface area is 94.1 Å². The molecule has 1 heterocycles. The third-order valence-electron chi connectivity index (χ3n) is 3.04. The molecule has 1 unspecified atom stereocenters. The molecule has 0 saturated carbocycles. The molecule has 1 aromatic carbocycles.